The highest BCUT2D eigenvalue weighted by molar-refractivity contribution is 6.30. The molecule has 1 heterocycles. The van der Waals surface area contributed by atoms with E-state index >= 15 is 0 Å². The Morgan fingerprint density at radius 3 is 2.24 bits per heavy atom. The summed E-state index contributed by atoms with van der Waals surface area (Å²) in [7, 11) is 0. The summed E-state index contributed by atoms with van der Waals surface area (Å²) in [5.74, 6) is -0.176. The van der Waals surface area contributed by atoms with Crippen molar-refractivity contribution < 1.29 is 9.59 Å². The predicted molar refractivity (Wildman–Crippen MR) is 82.9 cm³/mol. The van der Waals surface area contributed by atoms with Crippen LogP contribution < -0.4 is 5.32 Å². The second-order valence-corrected chi connectivity index (χ2v) is 6.66. The van der Waals surface area contributed by atoms with Crippen molar-refractivity contribution in [3.63, 3.8) is 0 Å². The SMILES string of the molecule is CCC1(C)C(=O)NC(C)(C)C(=O)N1Cc1ccc(Cl)cc1. The first-order valence-electron chi connectivity index (χ1n) is 7.10. The number of carbonyl (C=O) groups is 2. The summed E-state index contributed by atoms with van der Waals surface area (Å²) >= 11 is 5.89. The average molecular weight is 309 g/mol. The average Bonchev–Trinajstić information content (AvgIpc) is 2.43. The molecular formula is C16H21ClN2O2. The zero-order chi connectivity index (χ0) is 15.8. The molecule has 5 heteroatoms. The highest BCUT2D eigenvalue weighted by Crippen LogP contribution is 2.30. The molecule has 1 saturated heterocycles. The van der Waals surface area contributed by atoms with Crippen molar-refractivity contribution in [1.29, 1.82) is 0 Å². The van der Waals surface area contributed by atoms with Crippen LogP contribution in [0.15, 0.2) is 24.3 Å². The van der Waals surface area contributed by atoms with Crippen molar-refractivity contribution in [3.8, 4) is 0 Å². The molecule has 1 aromatic rings. The summed E-state index contributed by atoms with van der Waals surface area (Å²) in [5, 5.41) is 3.47. The first-order valence-corrected chi connectivity index (χ1v) is 7.47. The van der Waals surface area contributed by atoms with Crippen LogP contribution in [0.3, 0.4) is 0 Å². The lowest BCUT2D eigenvalue weighted by Gasteiger charge is -2.49. The number of hydrogen-bond donors (Lipinski definition) is 1. The van der Waals surface area contributed by atoms with E-state index in [0.717, 1.165) is 5.56 Å². The van der Waals surface area contributed by atoms with Gasteiger partial charge in [0.15, 0.2) is 0 Å². The third kappa shape index (κ3) is 2.77. The predicted octanol–water partition coefficient (Wildman–Crippen LogP) is 2.75. The minimum absolute atomic E-state index is 0.0681. The van der Waals surface area contributed by atoms with Crippen molar-refractivity contribution in [2.45, 2.75) is 51.7 Å². The van der Waals surface area contributed by atoms with Crippen LogP contribution in [0.25, 0.3) is 0 Å². The molecule has 1 aliphatic heterocycles. The minimum atomic E-state index is -0.877. The topological polar surface area (TPSA) is 49.4 Å². The number of halogens is 1. The molecule has 0 aliphatic carbocycles. The summed E-state index contributed by atoms with van der Waals surface area (Å²) in [5.41, 5.74) is -0.748. The molecule has 4 nitrogen and oxygen atoms in total. The molecule has 2 rings (SSSR count). The van der Waals surface area contributed by atoms with Gasteiger partial charge in [0.05, 0.1) is 0 Å². The van der Waals surface area contributed by atoms with Crippen molar-refractivity contribution in [1.82, 2.24) is 10.2 Å². The van der Waals surface area contributed by atoms with Gasteiger partial charge in [0, 0.05) is 11.6 Å². The lowest BCUT2D eigenvalue weighted by atomic mass is 9.86. The van der Waals surface area contributed by atoms with Crippen molar-refractivity contribution in [3.05, 3.63) is 34.9 Å². The van der Waals surface area contributed by atoms with Gasteiger partial charge < -0.3 is 10.2 Å². The standard InChI is InChI=1S/C16H21ClN2O2/c1-5-16(4)13(20)18-15(2,3)14(21)19(16)10-11-6-8-12(17)9-7-11/h6-9H,5,10H2,1-4H3,(H,18,20). The van der Waals surface area contributed by atoms with Gasteiger partial charge in [0.25, 0.3) is 0 Å². The summed E-state index contributed by atoms with van der Waals surface area (Å²) in [6.45, 7) is 7.59. The molecule has 21 heavy (non-hydrogen) atoms. The summed E-state index contributed by atoms with van der Waals surface area (Å²) in [6, 6.07) is 7.34. The highest BCUT2D eigenvalue weighted by Gasteiger charge is 2.51. The molecule has 0 saturated carbocycles. The Bertz CT molecular complexity index is 568. The number of nitrogens with zero attached hydrogens (tertiary/aromatic N) is 1. The van der Waals surface area contributed by atoms with Gasteiger partial charge in [-0.2, -0.15) is 0 Å². The van der Waals surface area contributed by atoms with Gasteiger partial charge in [-0.15, -0.1) is 0 Å². The van der Waals surface area contributed by atoms with Crippen LogP contribution in [-0.4, -0.2) is 27.8 Å². The Kier molecular flexibility index (Phi) is 4.02. The van der Waals surface area contributed by atoms with E-state index in [1.165, 1.54) is 0 Å². The van der Waals surface area contributed by atoms with Crippen LogP contribution in [0.4, 0.5) is 0 Å². The van der Waals surface area contributed by atoms with Crippen LogP contribution in [0.5, 0.6) is 0 Å². The van der Waals surface area contributed by atoms with Crippen LogP contribution in [-0.2, 0) is 16.1 Å². The molecule has 2 amide bonds. The van der Waals surface area contributed by atoms with Gasteiger partial charge >= 0.3 is 0 Å². The summed E-state index contributed by atoms with van der Waals surface area (Å²) in [6.07, 6.45) is 0.564. The molecule has 0 spiro atoms. The second-order valence-electron chi connectivity index (χ2n) is 6.22. The molecule has 0 radical (unpaired) electrons. The Hall–Kier alpha value is -1.55. The van der Waals surface area contributed by atoms with E-state index < -0.39 is 11.1 Å². The maximum absolute atomic E-state index is 12.7. The van der Waals surface area contributed by atoms with Gasteiger partial charge in [-0.05, 0) is 44.9 Å². The van der Waals surface area contributed by atoms with Crippen molar-refractivity contribution >= 4 is 23.4 Å². The van der Waals surface area contributed by atoms with E-state index in [1.807, 2.05) is 26.0 Å². The molecule has 1 unspecified atom stereocenters. The minimum Gasteiger partial charge on any atom is -0.340 e. The number of piperazine rings is 1. The van der Waals surface area contributed by atoms with E-state index in [-0.39, 0.29) is 11.8 Å². The van der Waals surface area contributed by atoms with Crippen molar-refractivity contribution in [2.24, 2.45) is 0 Å². The maximum atomic E-state index is 12.7. The lowest BCUT2D eigenvalue weighted by Crippen LogP contribution is -2.72. The fourth-order valence-electron chi connectivity index (χ4n) is 2.53. The van der Waals surface area contributed by atoms with E-state index in [9.17, 15) is 9.59 Å². The fraction of sp³-hybridized carbons (Fsp3) is 0.500. The molecular weight excluding hydrogens is 288 g/mol. The normalized spacial score (nSPS) is 24.9. The zero-order valence-corrected chi connectivity index (χ0v) is 13.6. The van der Waals surface area contributed by atoms with Gasteiger partial charge in [0.2, 0.25) is 11.8 Å². The molecule has 0 bridgehead atoms. The molecule has 1 N–H and O–H groups in total. The first-order chi connectivity index (χ1) is 9.70. The number of nitrogens with one attached hydrogen (secondary N) is 1. The first kappa shape index (κ1) is 15.8. The van der Waals surface area contributed by atoms with Gasteiger partial charge in [-0.3, -0.25) is 9.59 Å². The van der Waals surface area contributed by atoms with E-state index in [2.05, 4.69) is 5.32 Å². The Labute approximate surface area is 130 Å². The molecule has 1 aliphatic rings. The van der Waals surface area contributed by atoms with Crippen LogP contribution >= 0.6 is 11.6 Å². The number of benzene rings is 1. The Morgan fingerprint density at radius 1 is 1.14 bits per heavy atom. The largest absolute Gasteiger partial charge is 0.340 e. The van der Waals surface area contributed by atoms with E-state index in [4.69, 9.17) is 11.6 Å². The number of rotatable bonds is 3. The zero-order valence-electron chi connectivity index (χ0n) is 12.9. The van der Waals surface area contributed by atoms with E-state index in [0.29, 0.717) is 18.0 Å². The summed E-state index contributed by atoms with van der Waals surface area (Å²) < 4.78 is 0. The fourth-order valence-corrected chi connectivity index (χ4v) is 2.65. The maximum Gasteiger partial charge on any atom is 0.248 e. The molecule has 1 fully saturated rings. The monoisotopic (exact) mass is 308 g/mol. The third-order valence-corrected chi connectivity index (χ3v) is 4.49. The van der Waals surface area contributed by atoms with E-state index in [1.54, 1.807) is 30.9 Å². The highest BCUT2D eigenvalue weighted by atomic mass is 35.5. The Morgan fingerprint density at radius 2 is 1.71 bits per heavy atom. The molecule has 0 aromatic heterocycles. The number of amides is 2. The second kappa shape index (κ2) is 5.34. The molecule has 114 valence electrons. The Balaban J connectivity index is 2.37. The van der Waals surface area contributed by atoms with Gasteiger partial charge in [-0.25, -0.2) is 0 Å². The quantitative estimate of drug-likeness (QED) is 0.933. The third-order valence-electron chi connectivity index (χ3n) is 4.23. The van der Waals surface area contributed by atoms with Crippen LogP contribution in [0, 0.1) is 0 Å². The lowest BCUT2D eigenvalue weighted by molar-refractivity contribution is -0.161. The number of hydrogen-bond acceptors (Lipinski definition) is 2. The molecule has 1 atom stereocenters. The smallest absolute Gasteiger partial charge is 0.248 e. The van der Waals surface area contributed by atoms with Gasteiger partial charge in [0.1, 0.15) is 11.1 Å². The molecule has 1 aromatic carbocycles. The van der Waals surface area contributed by atoms with Crippen LogP contribution in [0.1, 0.15) is 39.7 Å². The summed E-state index contributed by atoms with van der Waals surface area (Å²) in [4.78, 5) is 26.8. The number of carbonyl (C=O) groups excluding carboxylic acids is 2. The van der Waals surface area contributed by atoms with Gasteiger partial charge in [-0.1, -0.05) is 30.7 Å². The van der Waals surface area contributed by atoms with Crippen molar-refractivity contribution in [2.75, 3.05) is 0 Å². The van der Waals surface area contributed by atoms with Crippen LogP contribution in [0.2, 0.25) is 5.02 Å².